The lowest BCUT2D eigenvalue weighted by molar-refractivity contribution is -0.117. The van der Waals surface area contributed by atoms with Crippen LogP contribution in [-0.2, 0) is 11.3 Å². The quantitative estimate of drug-likeness (QED) is 0.484. The third-order valence-corrected chi connectivity index (χ3v) is 5.03. The van der Waals surface area contributed by atoms with Gasteiger partial charge in [-0.25, -0.2) is 13.8 Å². The van der Waals surface area contributed by atoms with Crippen molar-refractivity contribution in [3.05, 3.63) is 76.2 Å². The summed E-state index contributed by atoms with van der Waals surface area (Å²) in [6.45, 7) is 0.733. The summed E-state index contributed by atoms with van der Waals surface area (Å²) >= 11 is 12.0. The Balaban J connectivity index is 1.71. The molecule has 0 atom stereocenters. The minimum atomic E-state index is -2.69. The highest BCUT2D eigenvalue weighted by atomic mass is 35.5. The maximum Gasteiger partial charge on any atom is 0.256 e. The van der Waals surface area contributed by atoms with E-state index in [0.29, 0.717) is 22.0 Å². The molecule has 0 bridgehead atoms. The first kappa shape index (κ1) is 23.6. The smallest absolute Gasteiger partial charge is 0.256 e. The van der Waals surface area contributed by atoms with Crippen LogP contribution in [0.3, 0.4) is 0 Å². The van der Waals surface area contributed by atoms with Crippen molar-refractivity contribution in [2.45, 2.75) is 19.9 Å². The Hall–Kier alpha value is -3.10. The second-order valence-corrected chi connectivity index (χ2v) is 7.59. The van der Waals surface area contributed by atoms with E-state index < -0.39 is 18.9 Å². The highest BCUT2D eigenvalue weighted by Crippen LogP contribution is 2.31. The Bertz CT molecular complexity index is 1110. The van der Waals surface area contributed by atoms with Crippen LogP contribution in [0.1, 0.15) is 22.8 Å². The molecule has 0 saturated carbocycles. The van der Waals surface area contributed by atoms with E-state index in [1.54, 1.807) is 36.5 Å². The van der Waals surface area contributed by atoms with Crippen molar-refractivity contribution in [3.63, 3.8) is 0 Å². The fraction of sp³-hybridized carbons (Fsp3) is 0.182. The fourth-order valence-electron chi connectivity index (χ4n) is 2.91. The molecule has 0 saturated heterocycles. The summed E-state index contributed by atoms with van der Waals surface area (Å²) < 4.78 is 25.6. The Kier molecular flexibility index (Phi) is 7.71. The maximum absolute atomic E-state index is 12.8. The summed E-state index contributed by atoms with van der Waals surface area (Å²) in [6, 6.07) is 11.3. The number of anilines is 1. The van der Waals surface area contributed by atoms with Crippen LogP contribution in [-0.4, -0.2) is 34.8 Å². The second-order valence-electron chi connectivity index (χ2n) is 6.79. The largest absolute Gasteiger partial charge is 0.348 e. The molecule has 10 heteroatoms. The Morgan fingerprint density at radius 1 is 1.06 bits per heavy atom. The highest BCUT2D eigenvalue weighted by molar-refractivity contribution is 6.34. The molecule has 0 spiro atoms. The van der Waals surface area contributed by atoms with Gasteiger partial charge in [-0.2, -0.15) is 0 Å². The van der Waals surface area contributed by atoms with Gasteiger partial charge in [0.1, 0.15) is 5.15 Å². The van der Waals surface area contributed by atoms with Crippen molar-refractivity contribution in [2.75, 3.05) is 11.4 Å². The van der Waals surface area contributed by atoms with E-state index in [-0.39, 0.29) is 23.2 Å². The fourth-order valence-corrected chi connectivity index (χ4v) is 3.31. The number of carbonyl (C=O) groups is 2. The van der Waals surface area contributed by atoms with Gasteiger partial charge >= 0.3 is 0 Å². The van der Waals surface area contributed by atoms with Crippen molar-refractivity contribution in [1.29, 1.82) is 0 Å². The lowest BCUT2D eigenvalue weighted by Crippen LogP contribution is -2.33. The summed E-state index contributed by atoms with van der Waals surface area (Å²) in [6.07, 6.45) is 0.308. The summed E-state index contributed by atoms with van der Waals surface area (Å²) in [5.74, 6) is -0.848. The first-order chi connectivity index (χ1) is 15.2. The van der Waals surface area contributed by atoms with Gasteiger partial charge in [0.25, 0.3) is 12.3 Å². The minimum Gasteiger partial charge on any atom is -0.348 e. The van der Waals surface area contributed by atoms with Gasteiger partial charge in [0, 0.05) is 31.4 Å². The number of pyridine rings is 2. The number of aromatic nitrogens is 2. The summed E-state index contributed by atoms with van der Waals surface area (Å²) in [4.78, 5) is 33.2. The standard InChI is InChI=1S/C22H18Cl2F2N4O2/c1-13(31)30(12-21(25)26)19-6-4-15(8-17(19)23)18-5-3-16(11-27-18)22(32)29-10-14-2-7-20(24)28-9-14/h2-9,11,21H,10,12H2,1H3,(H,29,32). The van der Waals surface area contributed by atoms with Gasteiger partial charge in [0.15, 0.2) is 0 Å². The van der Waals surface area contributed by atoms with Crippen molar-refractivity contribution in [2.24, 2.45) is 0 Å². The zero-order chi connectivity index (χ0) is 23.3. The van der Waals surface area contributed by atoms with E-state index in [0.717, 1.165) is 10.5 Å². The molecule has 0 aliphatic heterocycles. The molecule has 1 N–H and O–H groups in total. The minimum absolute atomic E-state index is 0.138. The first-order valence-corrected chi connectivity index (χ1v) is 10.2. The number of halogens is 4. The zero-order valence-corrected chi connectivity index (χ0v) is 18.4. The molecule has 0 radical (unpaired) electrons. The van der Waals surface area contributed by atoms with Gasteiger partial charge in [0.05, 0.1) is 28.5 Å². The van der Waals surface area contributed by atoms with E-state index >= 15 is 0 Å². The molecule has 6 nitrogen and oxygen atoms in total. The Morgan fingerprint density at radius 3 is 2.41 bits per heavy atom. The van der Waals surface area contributed by atoms with E-state index in [9.17, 15) is 18.4 Å². The molecule has 32 heavy (non-hydrogen) atoms. The molecule has 1 aromatic carbocycles. The molecule has 3 aromatic rings. The van der Waals surface area contributed by atoms with E-state index in [2.05, 4.69) is 15.3 Å². The lowest BCUT2D eigenvalue weighted by atomic mass is 10.1. The van der Waals surface area contributed by atoms with E-state index in [1.807, 2.05) is 0 Å². The zero-order valence-electron chi connectivity index (χ0n) is 16.9. The van der Waals surface area contributed by atoms with Crippen LogP contribution in [0.5, 0.6) is 0 Å². The van der Waals surface area contributed by atoms with E-state index in [4.69, 9.17) is 23.2 Å². The monoisotopic (exact) mass is 478 g/mol. The van der Waals surface area contributed by atoms with Gasteiger partial charge in [-0.05, 0) is 35.9 Å². The van der Waals surface area contributed by atoms with Gasteiger partial charge in [0.2, 0.25) is 5.91 Å². The van der Waals surface area contributed by atoms with Crippen LogP contribution in [0, 0.1) is 0 Å². The number of rotatable bonds is 7. The van der Waals surface area contributed by atoms with E-state index in [1.165, 1.54) is 25.3 Å². The predicted molar refractivity (Wildman–Crippen MR) is 119 cm³/mol. The van der Waals surface area contributed by atoms with Crippen LogP contribution in [0.4, 0.5) is 14.5 Å². The third-order valence-electron chi connectivity index (χ3n) is 4.50. The van der Waals surface area contributed by atoms with Gasteiger partial charge in [-0.1, -0.05) is 35.3 Å². The number of amides is 2. The van der Waals surface area contributed by atoms with Crippen LogP contribution >= 0.6 is 23.2 Å². The third kappa shape index (κ3) is 5.99. The topological polar surface area (TPSA) is 75.2 Å². The predicted octanol–water partition coefficient (Wildman–Crippen LogP) is 5.00. The van der Waals surface area contributed by atoms with Gasteiger partial charge in [-0.15, -0.1) is 0 Å². The normalized spacial score (nSPS) is 10.8. The van der Waals surface area contributed by atoms with Gasteiger partial charge in [-0.3, -0.25) is 14.6 Å². The SMILES string of the molecule is CC(=O)N(CC(F)F)c1ccc(-c2ccc(C(=O)NCc3ccc(Cl)nc3)cn2)cc1Cl. The Morgan fingerprint density at radius 2 is 1.84 bits per heavy atom. The molecule has 2 amide bonds. The second kappa shape index (κ2) is 10.5. The van der Waals surface area contributed by atoms with Crippen LogP contribution in [0.25, 0.3) is 11.3 Å². The highest BCUT2D eigenvalue weighted by Gasteiger charge is 2.20. The number of hydrogen-bond donors (Lipinski definition) is 1. The number of carbonyl (C=O) groups excluding carboxylic acids is 2. The van der Waals surface area contributed by atoms with Crippen molar-refractivity contribution in [3.8, 4) is 11.3 Å². The van der Waals surface area contributed by atoms with Crippen molar-refractivity contribution < 1.29 is 18.4 Å². The Labute approximate surface area is 193 Å². The lowest BCUT2D eigenvalue weighted by Gasteiger charge is -2.22. The summed E-state index contributed by atoms with van der Waals surface area (Å²) in [5.41, 5.74) is 2.49. The number of nitrogens with zero attached hydrogens (tertiary/aromatic N) is 3. The number of hydrogen-bond acceptors (Lipinski definition) is 4. The van der Waals surface area contributed by atoms with Crippen LogP contribution < -0.4 is 10.2 Å². The average Bonchev–Trinajstić information content (AvgIpc) is 2.77. The molecule has 2 heterocycles. The molecule has 0 unspecified atom stereocenters. The molecule has 166 valence electrons. The molecular weight excluding hydrogens is 461 g/mol. The average molecular weight is 479 g/mol. The number of nitrogens with one attached hydrogen (secondary N) is 1. The van der Waals surface area contributed by atoms with Crippen LogP contribution in [0.15, 0.2) is 54.9 Å². The first-order valence-electron chi connectivity index (χ1n) is 9.45. The molecule has 0 aliphatic rings. The van der Waals surface area contributed by atoms with Crippen LogP contribution in [0.2, 0.25) is 10.2 Å². The number of alkyl halides is 2. The molecule has 0 fully saturated rings. The van der Waals surface area contributed by atoms with Gasteiger partial charge < -0.3 is 10.2 Å². The number of benzene rings is 1. The summed E-state index contributed by atoms with van der Waals surface area (Å²) in [5, 5.41) is 3.28. The molecule has 0 aliphatic carbocycles. The van der Waals surface area contributed by atoms with Crippen molar-refractivity contribution in [1.82, 2.24) is 15.3 Å². The maximum atomic E-state index is 12.8. The molecular formula is C22H18Cl2F2N4O2. The summed E-state index contributed by atoms with van der Waals surface area (Å²) in [7, 11) is 0. The molecule has 2 aromatic heterocycles. The molecule has 3 rings (SSSR count). The van der Waals surface area contributed by atoms with Crippen molar-refractivity contribution >= 4 is 40.7 Å².